The van der Waals surface area contributed by atoms with Crippen LogP contribution in [0.15, 0.2) is 231 Å². The van der Waals surface area contributed by atoms with Gasteiger partial charge >= 0.3 is 0 Å². The molecule has 0 atom stereocenters. The van der Waals surface area contributed by atoms with Crippen molar-refractivity contribution in [2.45, 2.75) is 24.7 Å². The molecule has 316 valence electrons. The van der Waals surface area contributed by atoms with E-state index in [0.29, 0.717) is 0 Å². The molecule has 68 heavy (non-hydrogen) atoms. The number of fused-ring (bicyclic) bond motifs is 18. The molecule has 0 fully saturated rings. The molecular weight excluding hydrogens is 817 g/mol. The normalized spacial score (nSPS) is 14.3. The molecule has 0 N–H and O–H groups in total. The average molecular weight is 861 g/mol. The predicted molar refractivity (Wildman–Crippen MR) is 287 cm³/mol. The SMILES string of the molecule is CC1(C)c2ccccc2-c2ccc(-c3c4ccccc4c(-c4ccc(-c5ccc6c7c(ccc6c5)-c5cc6ccccc6cc5C75c6ccccc6-c6ccccc65)cc4)c4ccccc34)cc21. The number of rotatable bonds is 3. The first-order valence-electron chi connectivity index (χ1n) is 24.1. The summed E-state index contributed by atoms with van der Waals surface area (Å²) in [6, 6.07) is 87.5. The van der Waals surface area contributed by atoms with Crippen molar-refractivity contribution >= 4 is 43.1 Å². The van der Waals surface area contributed by atoms with Crippen molar-refractivity contribution in [1.82, 2.24) is 0 Å². The zero-order valence-corrected chi connectivity index (χ0v) is 37.9. The third-order valence-corrected chi connectivity index (χ3v) is 16.2. The largest absolute Gasteiger partial charge is 0.0731 e. The van der Waals surface area contributed by atoms with Crippen LogP contribution >= 0.6 is 0 Å². The van der Waals surface area contributed by atoms with Gasteiger partial charge in [-0.25, -0.2) is 0 Å². The van der Waals surface area contributed by atoms with Gasteiger partial charge in [0.15, 0.2) is 0 Å². The van der Waals surface area contributed by atoms with Gasteiger partial charge in [0.25, 0.3) is 0 Å². The van der Waals surface area contributed by atoms with E-state index in [1.54, 1.807) is 0 Å². The summed E-state index contributed by atoms with van der Waals surface area (Å²) in [6.45, 7) is 4.75. The molecule has 0 unspecified atom stereocenters. The molecule has 0 bridgehead atoms. The lowest BCUT2D eigenvalue weighted by Gasteiger charge is -2.31. The van der Waals surface area contributed by atoms with Crippen LogP contribution in [-0.4, -0.2) is 0 Å². The van der Waals surface area contributed by atoms with E-state index in [1.807, 2.05) is 0 Å². The molecule has 0 saturated carbocycles. The Morgan fingerprint density at radius 1 is 0.250 bits per heavy atom. The van der Waals surface area contributed by atoms with Gasteiger partial charge in [0, 0.05) is 5.41 Å². The zero-order chi connectivity index (χ0) is 44.9. The second-order valence-electron chi connectivity index (χ2n) is 19.9. The van der Waals surface area contributed by atoms with Gasteiger partial charge in [-0.1, -0.05) is 220 Å². The highest BCUT2D eigenvalue weighted by Crippen LogP contribution is 2.64. The van der Waals surface area contributed by atoms with E-state index in [-0.39, 0.29) is 5.41 Å². The summed E-state index contributed by atoms with van der Waals surface area (Å²) in [5, 5.41) is 10.2. The molecule has 15 rings (SSSR count). The summed E-state index contributed by atoms with van der Waals surface area (Å²) >= 11 is 0. The molecule has 0 aliphatic heterocycles. The Morgan fingerprint density at radius 2 is 0.721 bits per heavy atom. The predicted octanol–water partition coefficient (Wildman–Crippen LogP) is 18.0. The molecule has 1 spiro atoms. The van der Waals surface area contributed by atoms with E-state index in [2.05, 4.69) is 244 Å². The Hall–Kier alpha value is -8.32. The summed E-state index contributed by atoms with van der Waals surface area (Å²) in [7, 11) is 0. The zero-order valence-electron chi connectivity index (χ0n) is 37.9. The minimum absolute atomic E-state index is 0.0711. The van der Waals surface area contributed by atoms with Gasteiger partial charge in [-0.15, -0.1) is 0 Å². The molecule has 0 radical (unpaired) electrons. The smallest absolute Gasteiger partial charge is 0.0619 e. The summed E-state index contributed by atoms with van der Waals surface area (Å²) in [4.78, 5) is 0. The van der Waals surface area contributed by atoms with Crippen LogP contribution in [0.1, 0.15) is 47.2 Å². The lowest BCUT2D eigenvalue weighted by molar-refractivity contribution is 0.660. The van der Waals surface area contributed by atoms with Crippen LogP contribution in [0.4, 0.5) is 0 Å². The lowest BCUT2D eigenvalue weighted by Crippen LogP contribution is -2.26. The summed E-state index contributed by atoms with van der Waals surface area (Å²) in [6.07, 6.45) is 0. The molecule has 0 amide bonds. The van der Waals surface area contributed by atoms with Gasteiger partial charge in [-0.2, -0.15) is 0 Å². The van der Waals surface area contributed by atoms with Crippen LogP contribution in [-0.2, 0) is 10.8 Å². The maximum absolute atomic E-state index is 2.48. The Bertz CT molecular complexity index is 4060. The molecule has 0 aromatic heterocycles. The molecule has 0 heteroatoms. The fourth-order valence-electron chi connectivity index (χ4n) is 13.3. The first kappa shape index (κ1) is 37.9. The Balaban J connectivity index is 0.870. The molecule has 3 aliphatic carbocycles. The molecule has 12 aromatic carbocycles. The molecule has 3 aliphatic rings. The van der Waals surface area contributed by atoms with Crippen LogP contribution in [0.3, 0.4) is 0 Å². The molecular formula is C68H44. The van der Waals surface area contributed by atoms with Crippen LogP contribution in [0.5, 0.6) is 0 Å². The van der Waals surface area contributed by atoms with Crippen molar-refractivity contribution in [2.24, 2.45) is 0 Å². The topological polar surface area (TPSA) is 0 Å². The average Bonchev–Trinajstić information content (AvgIpc) is 3.94. The second-order valence-corrected chi connectivity index (χ2v) is 19.9. The van der Waals surface area contributed by atoms with Crippen molar-refractivity contribution < 1.29 is 0 Å². The fraction of sp³-hybridized carbons (Fsp3) is 0.0588. The van der Waals surface area contributed by atoms with E-state index in [4.69, 9.17) is 0 Å². The van der Waals surface area contributed by atoms with E-state index in [1.165, 1.54) is 143 Å². The quantitative estimate of drug-likeness (QED) is 0.155. The number of hydrogen-bond donors (Lipinski definition) is 0. The van der Waals surface area contributed by atoms with Gasteiger partial charge in [0.2, 0.25) is 0 Å². The van der Waals surface area contributed by atoms with Crippen molar-refractivity contribution in [3.05, 3.63) is 264 Å². The van der Waals surface area contributed by atoms with Crippen molar-refractivity contribution in [2.75, 3.05) is 0 Å². The van der Waals surface area contributed by atoms with Crippen molar-refractivity contribution in [3.63, 3.8) is 0 Å². The summed E-state index contributed by atoms with van der Waals surface area (Å²) < 4.78 is 0. The maximum atomic E-state index is 2.48. The Morgan fingerprint density at radius 3 is 1.37 bits per heavy atom. The van der Waals surface area contributed by atoms with E-state index < -0.39 is 5.41 Å². The lowest BCUT2D eigenvalue weighted by atomic mass is 9.69. The van der Waals surface area contributed by atoms with E-state index in [0.717, 1.165) is 0 Å². The second kappa shape index (κ2) is 13.6. The Kier molecular flexibility index (Phi) is 7.59. The van der Waals surface area contributed by atoms with Gasteiger partial charge in [0.05, 0.1) is 5.41 Å². The van der Waals surface area contributed by atoms with Gasteiger partial charge in [-0.3, -0.25) is 0 Å². The molecule has 0 heterocycles. The number of hydrogen-bond acceptors (Lipinski definition) is 0. The molecule has 0 nitrogen and oxygen atoms in total. The van der Waals surface area contributed by atoms with E-state index in [9.17, 15) is 0 Å². The van der Waals surface area contributed by atoms with Crippen LogP contribution in [0.25, 0.3) is 110 Å². The van der Waals surface area contributed by atoms with E-state index >= 15 is 0 Å². The highest BCUT2D eigenvalue weighted by atomic mass is 14.5. The van der Waals surface area contributed by atoms with Crippen molar-refractivity contribution in [1.29, 1.82) is 0 Å². The fourth-order valence-corrected chi connectivity index (χ4v) is 13.3. The van der Waals surface area contributed by atoms with Gasteiger partial charge < -0.3 is 0 Å². The van der Waals surface area contributed by atoms with Crippen LogP contribution in [0.2, 0.25) is 0 Å². The molecule has 0 saturated heterocycles. The summed E-state index contributed by atoms with van der Waals surface area (Å²) in [5.74, 6) is 0. The van der Waals surface area contributed by atoms with Crippen molar-refractivity contribution in [3.8, 4) is 66.8 Å². The third kappa shape index (κ3) is 4.89. The highest BCUT2D eigenvalue weighted by Gasteiger charge is 2.52. The third-order valence-electron chi connectivity index (χ3n) is 16.2. The monoisotopic (exact) mass is 860 g/mol. The Labute approximate surface area is 396 Å². The first-order valence-corrected chi connectivity index (χ1v) is 24.1. The van der Waals surface area contributed by atoms with Crippen LogP contribution in [0, 0.1) is 0 Å². The van der Waals surface area contributed by atoms with Gasteiger partial charge in [0.1, 0.15) is 0 Å². The van der Waals surface area contributed by atoms with Gasteiger partial charge in [-0.05, 0) is 167 Å². The first-order chi connectivity index (χ1) is 33.5. The standard InChI is InChI=1S/C68H44/c1-67(2)59-24-12-9-17-49(59)52-35-33-47(40-62(52)67)65-55-22-7-5-20-53(55)64(54-21-6-8-23-56(54)65)42-29-27-41(28-30-42)45-31-34-48-46(37-45)32-36-57-58-38-43-15-3-4-16-44(43)39-63(58)68(66(48)57)60-25-13-10-18-50(60)51-19-11-14-26-61(51)68/h3-40H,1-2H3. The number of benzene rings is 12. The minimum Gasteiger partial charge on any atom is -0.0619 e. The maximum Gasteiger partial charge on any atom is 0.0731 e. The summed E-state index contributed by atoms with van der Waals surface area (Å²) in [5.41, 5.74) is 23.4. The highest BCUT2D eigenvalue weighted by molar-refractivity contribution is 6.21. The molecule has 12 aromatic rings. The van der Waals surface area contributed by atoms with Crippen LogP contribution < -0.4 is 0 Å². The minimum atomic E-state index is -0.422.